The summed E-state index contributed by atoms with van der Waals surface area (Å²) in [5.74, 6) is -0.0144. The molecule has 0 saturated heterocycles. The smallest absolute Gasteiger partial charge is 0.410 e. The lowest BCUT2D eigenvalue weighted by molar-refractivity contribution is -0.123. The van der Waals surface area contributed by atoms with Gasteiger partial charge in [-0.15, -0.1) is 23.2 Å². The van der Waals surface area contributed by atoms with E-state index in [1.807, 2.05) is 20.8 Å². The first-order valence-electron chi connectivity index (χ1n) is 7.11. The lowest BCUT2D eigenvalue weighted by atomic mass is 9.95. The van der Waals surface area contributed by atoms with E-state index < -0.39 is 21.9 Å². The molecule has 0 aromatic heterocycles. The van der Waals surface area contributed by atoms with Crippen LogP contribution in [-0.4, -0.2) is 22.4 Å². The van der Waals surface area contributed by atoms with Gasteiger partial charge in [-0.1, -0.05) is 6.07 Å². The average Bonchev–Trinajstić information content (AvgIpc) is 2.36. The van der Waals surface area contributed by atoms with Crippen molar-refractivity contribution in [3.63, 3.8) is 0 Å². The minimum Gasteiger partial charge on any atom is -0.410 e. The van der Waals surface area contributed by atoms with Gasteiger partial charge in [0.25, 0.3) is 0 Å². The summed E-state index contributed by atoms with van der Waals surface area (Å²) in [7, 11) is 0. The Hall–Kier alpha value is -1.46. The molecule has 2 N–H and O–H groups in total. The number of halogens is 2. The zero-order chi connectivity index (χ0) is 17.8. The molecule has 0 aliphatic carbocycles. The van der Waals surface area contributed by atoms with Gasteiger partial charge in [-0.25, -0.2) is 4.79 Å². The van der Waals surface area contributed by atoms with Crippen molar-refractivity contribution in [2.75, 3.05) is 5.32 Å². The van der Waals surface area contributed by atoms with Crippen LogP contribution in [0, 0.1) is 5.41 Å². The van der Waals surface area contributed by atoms with Crippen LogP contribution >= 0.6 is 23.2 Å². The molecule has 1 aromatic carbocycles. The van der Waals surface area contributed by atoms with E-state index in [2.05, 4.69) is 10.6 Å². The predicted molar refractivity (Wildman–Crippen MR) is 93.3 cm³/mol. The van der Waals surface area contributed by atoms with Gasteiger partial charge in [-0.3, -0.25) is 4.79 Å². The van der Waals surface area contributed by atoms with Gasteiger partial charge in [-0.05, 0) is 46.8 Å². The number of hydrogen-bond acceptors (Lipinski definition) is 3. The summed E-state index contributed by atoms with van der Waals surface area (Å²) in [6.07, 6.45) is -0.567. The molecule has 1 rings (SSSR count). The number of rotatable bonds is 4. The highest BCUT2D eigenvalue weighted by Crippen LogP contribution is 2.30. The third-order valence-electron chi connectivity index (χ3n) is 2.91. The topological polar surface area (TPSA) is 67.4 Å². The van der Waals surface area contributed by atoms with Gasteiger partial charge in [0.2, 0.25) is 5.91 Å². The van der Waals surface area contributed by atoms with Gasteiger partial charge in [-0.2, -0.15) is 0 Å². The molecule has 0 spiro atoms. The lowest BCUT2D eigenvalue weighted by Gasteiger charge is -2.24. The molecule has 1 aromatic rings. The fourth-order valence-electron chi connectivity index (χ4n) is 1.47. The number of alkyl halides is 2. The predicted octanol–water partition coefficient (Wildman–Crippen LogP) is 4.34. The summed E-state index contributed by atoms with van der Waals surface area (Å²) in [5.41, 5.74) is -0.871. The molecule has 0 bridgehead atoms. The first kappa shape index (κ1) is 19.6. The second-order valence-corrected chi connectivity index (χ2v) is 7.87. The minimum atomic E-state index is -0.955. The van der Waals surface area contributed by atoms with E-state index in [1.165, 1.54) is 0 Å². The Morgan fingerprint density at radius 3 is 2.26 bits per heavy atom. The number of amides is 2. The van der Waals surface area contributed by atoms with Gasteiger partial charge in [0, 0.05) is 17.3 Å². The fourth-order valence-corrected chi connectivity index (χ4v) is 1.67. The molecule has 0 heterocycles. The molecule has 2 amide bonds. The van der Waals surface area contributed by atoms with Gasteiger partial charge >= 0.3 is 6.09 Å². The second kappa shape index (κ2) is 7.41. The van der Waals surface area contributed by atoms with E-state index in [9.17, 15) is 9.59 Å². The quantitative estimate of drug-likeness (QED) is 0.784. The number of carbonyl (C=O) groups excluding carboxylic acids is 2. The highest BCUT2D eigenvalue weighted by molar-refractivity contribution is 6.46. The Labute approximate surface area is 146 Å². The van der Waals surface area contributed by atoms with Crippen molar-refractivity contribution in [2.24, 2.45) is 5.41 Å². The molecular formula is C16H22Cl2N2O3. The van der Waals surface area contributed by atoms with Crippen LogP contribution in [0.2, 0.25) is 0 Å². The largest absolute Gasteiger partial charge is 0.413 e. The fraction of sp³-hybridized carbons (Fsp3) is 0.500. The van der Waals surface area contributed by atoms with Crippen LogP contribution in [0.25, 0.3) is 0 Å². The van der Waals surface area contributed by atoms with E-state index in [-0.39, 0.29) is 5.91 Å². The van der Waals surface area contributed by atoms with Crippen molar-refractivity contribution < 1.29 is 14.3 Å². The van der Waals surface area contributed by atoms with Gasteiger partial charge in [0.1, 0.15) is 10.6 Å². The third kappa shape index (κ3) is 6.28. The summed E-state index contributed by atoms with van der Waals surface area (Å²) in [5, 5.41) is 5.39. The Balaban J connectivity index is 2.78. The van der Waals surface area contributed by atoms with E-state index >= 15 is 0 Å². The molecule has 23 heavy (non-hydrogen) atoms. The highest BCUT2D eigenvalue weighted by atomic mass is 35.5. The van der Waals surface area contributed by atoms with Crippen LogP contribution in [0.3, 0.4) is 0 Å². The van der Waals surface area contributed by atoms with E-state index in [4.69, 9.17) is 27.9 Å². The van der Waals surface area contributed by atoms with Crippen molar-refractivity contribution in [2.45, 2.75) is 45.0 Å². The monoisotopic (exact) mass is 360 g/mol. The molecule has 5 nitrogen and oxygen atoms in total. The Kier molecular flexibility index (Phi) is 6.31. The summed E-state index contributed by atoms with van der Waals surface area (Å²) in [4.78, 5) is 23.1. The van der Waals surface area contributed by atoms with Crippen LogP contribution in [0.1, 0.15) is 34.6 Å². The van der Waals surface area contributed by atoms with Crippen LogP contribution in [-0.2, 0) is 4.79 Å². The number of benzene rings is 1. The molecule has 7 heteroatoms. The summed E-state index contributed by atoms with van der Waals surface area (Å²) >= 11 is 11.6. The maximum Gasteiger partial charge on any atom is 0.413 e. The number of ether oxygens (including phenoxy) is 1. The number of nitrogens with one attached hydrogen (secondary N) is 2. The Bertz CT molecular complexity index is 581. The van der Waals surface area contributed by atoms with Crippen molar-refractivity contribution in [1.82, 2.24) is 5.32 Å². The molecule has 128 valence electrons. The van der Waals surface area contributed by atoms with Crippen LogP contribution < -0.4 is 15.4 Å². The number of hydrogen-bond donors (Lipinski definition) is 2. The number of carbonyl (C=O) groups is 2. The van der Waals surface area contributed by atoms with Crippen molar-refractivity contribution in [1.29, 1.82) is 0 Å². The zero-order valence-corrected chi connectivity index (χ0v) is 15.4. The maximum absolute atomic E-state index is 12.2. The molecule has 0 aliphatic heterocycles. The van der Waals surface area contributed by atoms with E-state index in [0.29, 0.717) is 11.4 Å². The molecule has 0 fully saturated rings. The standard InChI is InChI=1S/C16H22Cl2N2O3/c1-15(2,3)20-14(22)23-11-8-6-7-10(9-11)19-13(21)16(4,5)12(17)18/h6-9,12H,1-5H3,(H,19,21)(H,20,22). The first-order valence-corrected chi connectivity index (χ1v) is 7.99. The number of anilines is 1. The summed E-state index contributed by atoms with van der Waals surface area (Å²) in [6.45, 7) is 8.83. The second-order valence-electron chi connectivity index (χ2n) is 6.77. The van der Waals surface area contributed by atoms with Gasteiger partial charge in [0.15, 0.2) is 0 Å². The van der Waals surface area contributed by atoms with Crippen molar-refractivity contribution in [3.8, 4) is 5.75 Å². The summed E-state index contributed by atoms with van der Waals surface area (Å²) < 4.78 is 5.19. The molecular weight excluding hydrogens is 339 g/mol. The molecule has 0 aliphatic rings. The Morgan fingerprint density at radius 2 is 1.74 bits per heavy atom. The summed E-state index contributed by atoms with van der Waals surface area (Å²) in [6, 6.07) is 6.52. The third-order valence-corrected chi connectivity index (χ3v) is 4.00. The van der Waals surface area contributed by atoms with Gasteiger partial charge in [0.05, 0.1) is 5.41 Å². The molecule has 0 saturated carbocycles. The maximum atomic E-state index is 12.2. The Morgan fingerprint density at radius 1 is 1.13 bits per heavy atom. The molecule has 0 radical (unpaired) electrons. The average molecular weight is 361 g/mol. The van der Waals surface area contributed by atoms with Gasteiger partial charge < -0.3 is 15.4 Å². The first-order chi connectivity index (χ1) is 10.4. The van der Waals surface area contributed by atoms with Crippen molar-refractivity contribution >= 4 is 40.9 Å². The van der Waals surface area contributed by atoms with Crippen LogP contribution in [0.5, 0.6) is 5.75 Å². The van der Waals surface area contributed by atoms with E-state index in [0.717, 1.165) is 0 Å². The van der Waals surface area contributed by atoms with E-state index in [1.54, 1.807) is 38.1 Å². The minimum absolute atomic E-state index is 0.315. The molecule has 0 atom stereocenters. The zero-order valence-electron chi connectivity index (χ0n) is 13.9. The SMILES string of the molecule is CC(C)(C)NC(=O)Oc1cccc(NC(=O)C(C)(C)C(Cl)Cl)c1. The van der Waals surface area contributed by atoms with Crippen LogP contribution in [0.4, 0.5) is 10.5 Å². The normalized spacial score (nSPS) is 12.0. The van der Waals surface area contributed by atoms with Crippen molar-refractivity contribution in [3.05, 3.63) is 24.3 Å². The van der Waals surface area contributed by atoms with Crippen LogP contribution in [0.15, 0.2) is 24.3 Å². The molecule has 0 unspecified atom stereocenters. The highest BCUT2D eigenvalue weighted by Gasteiger charge is 2.34. The lowest BCUT2D eigenvalue weighted by Crippen LogP contribution is -2.42.